The summed E-state index contributed by atoms with van der Waals surface area (Å²) in [5.41, 5.74) is 4.34. The van der Waals surface area contributed by atoms with E-state index in [1.54, 1.807) is 49.4 Å². The third-order valence-corrected chi connectivity index (χ3v) is 9.48. The van der Waals surface area contributed by atoms with Crippen molar-refractivity contribution in [3.05, 3.63) is 53.1 Å². The van der Waals surface area contributed by atoms with Gasteiger partial charge < -0.3 is 9.80 Å². The molecule has 6 nitrogen and oxygen atoms in total. The van der Waals surface area contributed by atoms with Gasteiger partial charge in [-0.3, -0.25) is 4.79 Å². The highest BCUT2D eigenvalue weighted by Crippen LogP contribution is 2.33. The molecule has 0 bridgehead atoms. The molecular weight excluding hydrogens is 442 g/mol. The van der Waals surface area contributed by atoms with Crippen molar-refractivity contribution in [3.8, 4) is 0 Å². The molecule has 1 saturated heterocycles. The number of piperazine rings is 1. The number of rotatable bonds is 5. The molecule has 0 unspecified atom stereocenters. The van der Waals surface area contributed by atoms with Crippen LogP contribution in [0.3, 0.4) is 0 Å². The van der Waals surface area contributed by atoms with Gasteiger partial charge in [0.15, 0.2) is 15.0 Å². The number of carbonyl (C=O) groups excluding carboxylic acids is 1. The molecule has 1 amide bonds. The largest absolute Gasteiger partial charge is 0.345 e. The normalized spacial score (nSPS) is 15.0. The number of thiazole rings is 1. The molecule has 0 spiro atoms. The summed E-state index contributed by atoms with van der Waals surface area (Å²) in [7, 11) is -3.30. The third kappa shape index (κ3) is 4.38. The first-order chi connectivity index (χ1) is 15.2. The van der Waals surface area contributed by atoms with Gasteiger partial charge in [-0.2, -0.15) is 0 Å². The summed E-state index contributed by atoms with van der Waals surface area (Å²) in [6.07, 6.45) is 0.279. The SMILES string of the molecule is Cc1ccc(C)c2sc(N3CCN(C(=O)Cc4ccc(S(=O)(=O)C(C)C)cc4)CC3)nc12. The average molecular weight is 472 g/mol. The van der Waals surface area contributed by atoms with E-state index in [0.29, 0.717) is 18.0 Å². The van der Waals surface area contributed by atoms with Gasteiger partial charge >= 0.3 is 0 Å². The molecule has 3 aromatic rings. The molecule has 1 fully saturated rings. The van der Waals surface area contributed by atoms with Crippen molar-refractivity contribution in [2.45, 2.75) is 44.3 Å². The Morgan fingerprint density at radius 2 is 1.62 bits per heavy atom. The highest BCUT2D eigenvalue weighted by molar-refractivity contribution is 7.92. The van der Waals surface area contributed by atoms with E-state index in [9.17, 15) is 13.2 Å². The Balaban J connectivity index is 1.38. The van der Waals surface area contributed by atoms with Gasteiger partial charge in [-0.05, 0) is 56.5 Å². The molecule has 1 aliphatic rings. The molecule has 32 heavy (non-hydrogen) atoms. The number of aryl methyl sites for hydroxylation is 2. The van der Waals surface area contributed by atoms with Gasteiger partial charge in [0.2, 0.25) is 5.91 Å². The molecule has 4 rings (SSSR count). The van der Waals surface area contributed by atoms with E-state index < -0.39 is 15.1 Å². The fraction of sp³-hybridized carbons (Fsp3) is 0.417. The van der Waals surface area contributed by atoms with Gasteiger partial charge in [-0.15, -0.1) is 0 Å². The predicted octanol–water partition coefficient (Wildman–Crippen LogP) is 3.99. The van der Waals surface area contributed by atoms with Gasteiger partial charge in [0, 0.05) is 26.2 Å². The first kappa shape index (κ1) is 22.7. The number of carbonyl (C=O) groups is 1. The van der Waals surface area contributed by atoms with E-state index >= 15 is 0 Å². The lowest BCUT2D eigenvalue weighted by Crippen LogP contribution is -2.49. The smallest absolute Gasteiger partial charge is 0.227 e. The lowest BCUT2D eigenvalue weighted by Gasteiger charge is -2.34. The molecule has 2 heterocycles. The number of hydrogen-bond acceptors (Lipinski definition) is 6. The van der Waals surface area contributed by atoms with Crippen molar-refractivity contribution >= 4 is 42.4 Å². The Hall–Kier alpha value is -2.45. The minimum Gasteiger partial charge on any atom is -0.345 e. The molecule has 0 atom stereocenters. The summed E-state index contributed by atoms with van der Waals surface area (Å²) < 4.78 is 25.8. The molecule has 2 aromatic carbocycles. The Morgan fingerprint density at radius 3 is 2.22 bits per heavy atom. The van der Waals surface area contributed by atoms with Crippen molar-refractivity contribution in [2.24, 2.45) is 0 Å². The van der Waals surface area contributed by atoms with Gasteiger partial charge in [0.25, 0.3) is 0 Å². The standard InChI is InChI=1S/C24H29N3O3S2/c1-16(2)32(29,30)20-9-7-19(8-10-20)15-21(28)26-11-13-27(14-12-26)24-25-22-17(3)5-6-18(4)23(22)31-24/h5-10,16H,11-15H2,1-4H3. The van der Waals surface area contributed by atoms with Crippen LogP contribution >= 0.6 is 11.3 Å². The molecule has 0 radical (unpaired) electrons. The van der Waals surface area contributed by atoms with E-state index in [0.717, 1.165) is 29.3 Å². The van der Waals surface area contributed by atoms with Crippen molar-refractivity contribution in [3.63, 3.8) is 0 Å². The number of fused-ring (bicyclic) bond motifs is 1. The van der Waals surface area contributed by atoms with Crippen molar-refractivity contribution in [2.75, 3.05) is 31.1 Å². The summed E-state index contributed by atoms with van der Waals surface area (Å²) in [6.45, 7) is 10.4. The number of amides is 1. The van der Waals surface area contributed by atoms with Gasteiger partial charge in [0.1, 0.15) is 0 Å². The number of nitrogens with zero attached hydrogens (tertiary/aromatic N) is 3. The van der Waals surface area contributed by atoms with Crippen LogP contribution in [0.15, 0.2) is 41.3 Å². The number of anilines is 1. The molecular formula is C24H29N3O3S2. The fourth-order valence-electron chi connectivity index (χ4n) is 3.89. The van der Waals surface area contributed by atoms with Crippen molar-refractivity contribution in [1.29, 1.82) is 0 Å². The van der Waals surface area contributed by atoms with Crippen LogP contribution in [0.5, 0.6) is 0 Å². The molecule has 0 N–H and O–H groups in total. The predicted molar refractivity (Wildman–Crippen MR) is 130 cm³/mol. The third-order valence-electron chi connectivity index (χ3n) is 6.06. The lowest BCUT2D eigenvalue weighted by molar-refractivity contribution is -0.130. The Morgan fingerprint density at radius 1 is 1.00 bits per heavy atom. The zero-order chi connectivity index (χ0) is 23.0. The summed E-state index contributed by atoms with van der Waals surface area (Å²) in [4.78, 5) is 22.1. The number of benzene rings is 2. The fourth-order valence-corrected chi connectivity index (χ4v) is 6.11. The summed E-state index contributed by atoms with van der Waals surface area (Å²) in [5, 5.41) is 0.556. The minimum atomic E-state index is -3.30. The number of hydrogen-bond donors (Lipinski definition) is 0. The Labute approximate surface area is 193 Å². The van der Waals surface area contributed by atoms with Crippen LogP contribution in [0, 0.1) is 13.8 Å². The molecule has 8 heteroatoms. The summed E-state index contributed by atoms with van der Waals surface area (Å²) in [5.74, 6) is 0.0695. The second-order valence-corrected chi connectivity index (χ2v) is 12.1. The summed E-state index contributed by atoms with van der Waals surface area (Å²) in [6, 6.07) is 11.0. The highest BCUT2D eigenvalue weighted by atomic mass is 32.2. The number of aromatic nitrogens is 1. The maximum absolute atomic E-state index is 12.8. The van der Waals surface area contributed by atoms with E-state index in [-0.39, 0.29) is 12.3 Å². The Kier molecular flexibility index (Phi) is 6.27. The maximum atomic E-state index is 12.8. The lowest BCUT2D eigenvalue weighted by atomic mass is 10.1. The van der Waals surface area contributed by atoms with Crippen LogP contribution in [0.2, 0.25) is 0 Å². The van der Waals surface area contributed by atoms with Crippen molar-refractivity contribution in [1.82, 2.24) is 9.88 Å². The van der Waals surface area contributed by atoms with E-state index in [2.05, 4.69) is 30.9 Å². The highest BCUT2D eigenvalue weighted by Gasteiger charge is 2.24. The minimum absolute atomic E-state index is 0.0695. The monoisotopic (exact) mass is 471 g/mol. The van der Waals surface area contributed by atoms with Crippen LogP contribution in [0.4, 0.5) is 5.13 Å². The average Bonchev–Trinajstić information content (AvgIpc) is 3.24. The molecule has 1 aromatic heterocycles. The van der Waals surface area contributed by atoms with Crippen LogP contribution < -0.4 is 4.90 Å². The maximum Gasteiger partial charge on any atom is 0.227 e. The quantitative estimate of drug-likeness (QED) is 0.563. The van der Waals surface area contributed by atoms with Crippen molar-refractivity contribution < 1.29 is 13.2 Å². The van der Waals surface area contributed by atoms with E-state index in [4.69, 9.17) is 4.98 Å². The van der Waals surface area contributed by atoms with Gasteiger partial charge in [-0.1, -0.05) is 35.6 Å². The molecule has 170 valence electrons. The van der Waals surface area contributed by atoms with Gasteiger partial charge in [-0.25, -0.2) is 13.4 Å². The first-order valence-electron chi connectivity index (χ1n) is 10.9. The van der Waals surface area contributed by atoms with Gasteiger partial charge in [0.05, 0.1) is 26.8 Å². The Bertz CT molecular complexity index is 1200. The molecule has 1 aliphatic heterocycles. The second kappa shape index (κ2) is 8.83. The van der Waals surface area contributed by atoms with Crippen LogP contribution in [0.1, 0.15) is 30.5 Å². The summed E-state index contributed by atoms with van der Waals surface area (Å²) >= 11 is 1.72. The van der Waals surface area contributed by atoms with Crippen LogP contribution in [-0.2, 0) is 21.1 Å². The van der Waals surface area contributed by atoms with E-state index in [1.807, 2.05) is 4.90 Å². The van der Waals surface area contributed by atoms with E-state index in [1.165, 1.54) is 15.8 Å². The molecule has 0 aliphatic carbocycles. The van der Waals surface area contributed by atoms with Crippen LogP contribution in [-0.4, -0.2) is 55.6 Å². The first-order valence-corrected chi connectivity index (χ1v) is 13.3. The second-order valence-electron chi connectivity index (χ2n) is 8.66. The molecule has 0 saturated carbocycles. The zero-order valence-electron chi connectivity index (χ0n) is 19.0. The number of sulfone groups is 1. The van der Waals surface area contributed by atoms with Crippen LogP contribution in [0.25, 0.3) is 10.2 Å². The zero-order valence-corrected chi connectivity index (χ0v) is 20.6. The topological polar surface area (TPSA) is 70.6 Å².